The van der Waals surface area contributed by atoms with E-state index in [0.717, 1.165) is 18.8 Å². The highest BCUT2D eigenvalue weighted by atomic mass is 35.5. The van der Waals surface area contributed by atoms with Crippen molar-refractivity contribution in [3.8, 4) is 0 Å². The zero-order valence-corrected chi connectivity index (χ0v) is 13.3. The van der Waals surface area contributed by atoms with Crippen molar-refractivity contribution in [2.24, 2.45) is 0 Å². The number of carbonyl (C=O) groups excluding carboxylic acids is 1. The lowest BCUT2D eigenvalue weighted by Gasteiger charge is -2.36. The molecule has 0 atom stereocenters. The smallest absolute Gasteiger partial charge is 0.272 e. The molecule has 1 saturated heterocycles. The molecule has 0 aromatic carbocycles. The number of rotatable bonds is 2. The predicted octanol–water partition coefficient (Wildman–Crippen LogP) is 2.75. The maximum atomic E-state index is 12.4. The average molecular weight is 337 g/mol. The molecular formula is C15H14Cl2N4O. The molecule has 1 fully saturated rings. The van der Waals surface area contributed by atoms with Crippen molar-refractivity contribution in [2.45, 2.75) is 0 Å². The van der Waals surface area contributed by atoms with Crippen LogP contribution in [0.4, 0.5) is 5.69 Å². The van der Waals surface area contributed by atoms with Crippen LogP contribution in [0.15, 0.2) is 36.8 Å². The Kier molecular flexibility index (Phi) is 4.45. The van der Waals surface area contributed by atoms with Crippen molar-refractivity contribution < 1.29 is 4.79 Å². The number of carbonyl (C=O) groups is 1. The average Bonchev–Trinajstić information content (AvgIpc) is 2.55. The van der Waals surface area contributed by atoms with Crippen LogP contribution in [0.25, 0.3) is 0 Å². The first-order chi connectivity index (χ1) is 10.6. The van der Waals surface area contributed by atoms with Crippen LogP contribution in [0.3, 0.4) is 0 Å². The van der Waals surface area contributed by atoms with Crippen LogP contribution in [0.2, 0.25) is 10.0 Å². The first-order valence-electron chi connectivity index (χ1n) is 6.90. The molecule has 2 aromatic rings. The summed E-state index contributed by atoms with van der Waals surface area (Å²) < 4.78 is 0. The van der Waals surface area contributed by atoms with Gasteiger partial charge in [0.1, 0.15) is 5.69 Å². The Hall–Kier alpha value is -1.85. The topological polar surface area (TPSA) is 49.3 Å². The third-order valence-electron chi connectivity index (χ3n) is 3.60. The number of halogens is 2. The van der Waals surface area contributed by atoms with Crippen LogP contribution in [-0.2, 0) is 0 Å². The highest BCUT2D eigenvalue weighted by Crippen LogP contribution is 2.25. The van der Waals surface area contributed by atoms with Crippen molar-refractivity contribution in [1.29, 1.82) is 0 Å². The lowest BCUT2D eigenvalue weighted by Crippen LogP contribution is -2.49. The van der Waals surface area contributed by atoms with E-state index in [1.165, 1.54) is 0 Å². The van der Waals surface area contributed by atoms with Crippen LogP contribution in [-0.4, -0.2) is 47.0 Å². The molecule has 1 aliphatic rings. The fraction of sp³-hybridized carbons (Fsp3) is 0.267. The predicted molar refractivity (Wildman–Crippen MR) is 86.6 cm³/mol. The molecule has 2 aromatic heterocycles. The molecule has 1 aliphatic heterocycles. The Labute approximate surface area is 138 Å². The summed E-state index contributed by atoms with van der Waals surface area (Å²) in [7, 11) is 0. The molecule has 22 heavy (non-hydrogen) atoms. The normalized spacial score (nSPS) is 15.0. The van der Waals surface area contributed by atoms with Crippen molar-refractivity contribution in [2.75, 3.05) is 31.1 Å². The fourth-order valence-corrected chi connectivity index (χ4v) is 2.86. The molecule has 3 rings (SSSR count). The summed E-state index contributed by atoms with van der Waals surface area (Å²) in [6.45, 7) is 2.67. The minimum absolute atomic E-state index is 0.0945. The number of hydrogen-bond donors (Lipinski definition) is 0. The zero-order chi connectivity index (χ0) is 15.5. The molecule has 0 saturated carbocycles. The molecule has 3 heterocycles. The zero-order valence-electron chi connectivity index (χ0n) is 11.7. The Morgan fingerprint density at radius 1 is 1.09 bits per heavy atom. The Bertz CT molecular complexity index is 687. The van der Waals surface area contributed by atoms with E-state index in [-0.39, 0.29) is 5.91 Å². The van der Waals surface area contributed by atoms with Crippen molar-refractivity contribution >= 4 is 34.8 Å². The molecule has 0 radical (unpaired) electrons. The Balaban J connectivity index is 1.67. The number of aromatic nitrogens is 2. The van der Waals surface area contributed by atoms with Gasteiger partial charge in [0.2, 0.25) is 0 Å². The van der Waals surface area contributed by atoms with Gasteiger partial charge in [-0.3, -0.25) is 14.8 Å². The molecule has 0 bridgehead atoms. The summed E-state index contributed by atoms with van der Waals surface area (Å²) in [5, 5.41) is 1.14. The van der Waals surface area contributed by atoms with Crippen molar-refractivity contribution in [1.82, 2.24) is 14.9 Å². The van der Waals surface area contributed by atoms with E-state index in [2.05, 4.69) is 14.9 Å². The van der Waals surface area contributed by atoms with Gasteiger partial charge in [-0.05, 0) is 18.2 Å². The van der Waals surface area contributed by atoms with Gasteiger partial charge in [-0.25, -0.2) is 0 Å². The van der Waals surface area contributed by atoms with E-state index in [0.29, 0.717) is 28.8 Å². The van der Waals surface area contributed by atoms with Crippen LogP contribution in [0.5, 0.6) is 0 Å². The van der Waals surface area contributed by atoms with Crippen molar-refractivity contribution in [3.05, 3.63) is 52.5 Å². The van der Waals surface area contributed by atoms with Gasteiger partial charge in [0.25, 0.3) is 5.91 Å². The van der Waals surface area contributed by atoms with Gasteiger partial charge in [-0.1, -0.05) is 23.2 Å². The molecule has 7 heteroatoms. The number of hydrogen-bond acceptors (Lipinski definition) is 4. The molecule has 0 unspecified atom stereocenters. The largest absolute Gasteiger partial charge is 0.367 e. The lowest BCUT2D eigenvalue weighted by molar-refractivity contribution is 0.0741. The van der Waals surface area contributed by atoms with E-state index >= 15 is 0 Å². The molecular weight excluding hydrogens is 323 g/mol. The maximum absolute atomic E-state index is 12.4. The van der Waals surface area contributed by atoms with Crippen LogP contribution in [0.1, 0.15) is 10.5 Å². The molecule has 1 amide bonds. The van der Waals surface area contributed by atoms with Crippen LogP contribution >= 0.6 is 23.2 Å². The number of anilines is 1. The minimum atomic E-state index is -0.0945. The van der Waals surface area contributed by atoms with E-state index in [4.69, 9.17) is 23.2 Å². The van der Waals surface area contributed by atoms with E-state index in [1.807, 2.05) is 6.07 Å². The summed E-state index contributed by atoms with van der Waals surface area (Å²) in [6, 6.07) is 5.13. The second kappa shape index (κ2) is 6.50. The van der Waals surface area contributed by atoms with Crippen LogP contribution < -0.4 is 4.90 Å². The van der Waals surface area contributed by atoms with Gasteiger partial charge in [0.15, 0.2) is 0 Å². The summed E-state index contributed by atoms with van der Waals surface area (Å²) in [6.07, 6.45) is 4.89. The molecule has 5 nitrogen and oxygen atoms in total. The number of piperazine rings is 1. The summed E-state index contributed by atoms with van der Waals surface area (Å²) in [5.41, 5.74) is 1.33. The molecule has 0 N–H and O–H groups in total. The van der Waals surface area contributed by atoms with E-state index in [9.17, 15) is 4.79 Å². The lowest BCUT2D eigenvalue weighted by atomic mass is 10.2. The van der Waals surface area contributed by atoms with E-state index < -0.39 is 0 Å². The maximum Gasteiger partial charge on any atom is 0.272 e. The van der Waals surface area contributed by atoms with Gasteiger partial charge < -0.3 is 9.80 Å². The van der Waals surface area contributed by atoms with Gasteiger partial charge in [0, 0.05) is 49.8 Å². The third kappa shape index (κ3) is 3.15. The highest BCUT2D eigenvalue weighted by molar-refractivity contribution is 6.33. The Morgan fingerprint density at radius 2 is 1.86 bits per heavy atom. The van der Waals surface area contributed by atoms with Gasteiger partial charge in [-0.15, -0.1) is 0 Å². The minimum Gasteiger partial charge on any atom is -0.367 e. The SMILES string of the molecule is O=C(c1cc(Cl)ccn1)N1CCN(c2ccncc2Cl)CC1. The standard InChI is InChI=1S/C15H14Cl2N4O/c16-11-1-4-19-13(9-11)15(22)21-7-5-20(6-8-21)14-2-3-18-10-12(14)17/h1-4,9-10H,5-8H2. The second-order valence-electron chi connectivity index (χ2n) is 4.97. The van der Waals surface area contributed by atoms with Crippen molar-refractivity contribution in [3.63, 3.8) is 0 Å². The van der Waals surface area contributed by atoms with Gasteiger partial charge in [-0.2, -0.15) is 0 Å². The monoisotopic (exact) mass is 336 g/mol. The number of amides is 1. The third-order valence-corrected chi connectivity index (χ3v) is 4.13. The first-order valence-corrected chi connectivity index (χ1v) is 7.66. The second-order valence-corrected chi connectivity index (χ2v) is 5.81. The summed E-state index contributed by atoms with van der Waals surface area (Å²) in [4.78, 5) is 24.4. The molecule has 114 valence electrons. The van der Waals surface area contributed by atoms with Gasteiger partial charge >= 0.3 is 0 Å². The van der Waals surface area contributed by atoms with Crippen LogP contribution in [0, 0.1) is 0 Å². The Morgan fingerprint density at radius 3 is 2.55 bits per heavy atom. The number of nitrogens with zero attached hydrogens (tertiary/aromatic N) is 4. The fourth-order valence-electron chi connectivity index (χ4n) is 2.46. The molecule has 0 aliphatic carbocycles. The van der Waals surface area contributed by atoms with E-state index in [1.54, 1.807) is 35.6 Å². The summed E-state index contributed by atoms with van der Waals surface area (Å²) >= 11 is 12.1. The highest BCUT2D eigenvalue weighted by Gasteiger charge is 2.24. The summed E-state index contributed by atoms with van der Waals surface area (Å²) in [5.74, 6) is -0.0945. The quantitative estimate of drug-likeness (QED) is 0.846. The number of pyridine rings is 2. The first kappa shape index (κ1) is 15.1. The van der Waals surface area contributed by atoms with Gasteiger partial charge in [0.05, 0.1) is 10.7 Å². The molecule has 0 spiro atoms.